The lowest BCUT2D eigenvalue weighted by Gasteiger charge is -2.32. The van der Waals surface area contributed by atoms with Gasteiger partial charge in [0.05, 0.1) is 22.1 Å². The summed E-state index contributed by atoms with van der Waals surface area (Å²) < 4.78 is 6.00. The van der Waals surface area contributed by atoms with Crippen LogP contribution in [0.5, 0.6) is 0 Å². The first-order valence-corrected chi connectivity index (χ1v) is 6.86. The standard InChI is InChI=1S/C12H16BrN3O3.ClH/c13-11-2-1-9(5-12(11)16(17)18)7-15-3-4-19-10(6-14)8-15;/h1-2,5,10H,3-4,6-8,14H2;1H. The van der Waals surface area contributed by atoms with E-state index in [1.54, 1.807) is 12.1 Å². The van der Waals surface area contributed by atoms with Crippen molar-refractivity contribution >= 4 is 34.0 Å². The van der Waals surface area contributed by atoms with Crippen molar-refractivity contribution in [1.29, 1.82) is 0 Å². The molecule has 0 saturated carbocycles. The highest BCUT2D eigenvalue weighted by Gasteiger charge is 2.20. The van der Waals surface area contributed by atoms with Crippen LogP contribution in [0.25, 0.3) is 0 Å². The molecule has 0 amide bonds. The minimum atomic E-state index is -0.379. The monoisotopic (exact) mass is 365 g/mol. The number of benzene rings is 1. The lowest BCUT2D eigenvalue weighted by atomic mass is 10.1. The van der Waals surface area contributed by atoms with Crippen LogP contribution in [0.4, 0.5) is 5.69 Å². The number of nitrogens with two attached hydrogens (primary N) is 1. The minimum absolute atomic E-state index is 0. The molecule has 0 spiro atoms. The summed E-state index contributed by atoms with van der Waals surface area (Å²) in [6.45, 7) is 3.41. The smallest absolute Gasteiger partial charge is 0.283 e. The van der Waals surface area contributed by atoms with Crippen LogP contribution in [0.1, 0.15) is 5.56 Å². The molecule has 1 heterocycles. The molecule has 0 aliphatic carbocycles. The Kier molecular flexibility index (Phi) is 6.84. The topological polar surface area (TPSA) is 81.6 Å². The summed E-state index contributed by atoms with van der Waals surface area (Å²) in [4.78, 5) is 12.7. The molecule has 1 unspecified atom stereocenters. The second-order valence-corrected chi connectivity index (χ2v) is 5.36. The predicted octanol–water partition coefficient (Wildman–Crippen LogP) is 1.94. The highest BCUT2D eigenvalue weighted by atomic mass is 79.9. The largest absolute Gasteiger partial charge is 0.374 e. The van der Waals surface area contributed by atoms with Crippen molar-refractivity contribution in [2.24, 2.45) is 5.73 Å². The molecule has 1 aromatic rings. The average molecular weight is 367 g/mol. The van der Waals surface area contributed by atoms with Crippen LogP contribution < -0.4 is 5.73 Å². The fourth-order valence-corrected chi connectivity index (χ4v) is 2.51. The maximum atomic E-state index is 10.9. The molecule has 1 aliphatic rings. The first-order valence-electron chi connectivity index (χ1n) is 6.07. The number of nitro groups is 1. The summed E-state index contributed by atoms with van der Waals surface area (Å²) in [7, 11) is 0. The van der Waals surface area contributed by atoms with Gasteiger partial charge in [0.1, 0.15) is 0 Å². The number of hydrogen-bond acceptors (Lipinski definition) is 5. The molecule has 1 aliphatic heterocycles. The van der Waals surface area contributed by atoms with E-state index in [0.717, 1.165) is 18.7 Å². The maximum absolute atomic E-state index is 10.9. The van der Waals surface area contributed by atoms with Crippen LogP contribution in [0.3, 0.4) is 0 Å². The van der Waals surface area contributed by atoms with Crippen LogP contribution in [0.15, 0.2) is 22.7 Å². The van der Waals surface area contributed by atoms with Crippen LogP contribution in [0, 0.1) is 10.1 Å². The number of ether oxygens (including phenoxy) is 1. The first kappa shape index (κ1) is 17.3. The van der Waals surface area contributed by atoms with Gasteiger partial charge in [0.25, 0.3) is 5.69 Å². The van der Waals surface area contributed by atoms with Crippen molar-refractivity contribution in [3.05, 3.63) is 38.3 Å². The van der Waals surface area contributed by atoms with Crippen LogP contribution >= 0.6 is 28.3 Å². The Morgan fingerprint density at radius 1 is 1.55 bits per heavy atom. The van der Waals surface area contributed by atoms with E-state index in [9.17, 15) is 10.1 Å². The number of hydrogen-bond donors (Lipinski definition) is 1. The van der Waals surface area contributed by atoms with Gasteiger partial charge in [-0.05, 0) is 27.6 Å². The number of rotatable bonds is 4. The second kappa shape index (κ2) is 7.90. The van der Waals surface area contributed by atoms with E-state index in [-0.39, 0.29) is 29.1 Å². The molecule has 6 nitrogen and oxygen atoms in total. The molecule has 2 N–H and O–H groups in total. The van der Waals surface area contributed by atoms with Gasteiger partial charge in [-0.25, -0.2) is 0 Å². The molecular formula is C12H17BrClN3O3. The van der Waals surface area contributed by atoms with E-state index in [2.05, 4.69) is 20.8 Å². The molecular weight excluding hydrogens is 350 g/mol. The third-order valence-electron chi connectivity index (χ3n) is 3.10. The predicted molar refractivity (Wildman–Crippen MR) is 82.1 cm³/mol. The zero-order valence-electron chi connectivity index (χ0n) is 10.8. The minimum Gasteiger partial charge on any atom is -0.374 e. The van der Waals surface area contributed by atoms with E-state index in [0.29, 0.717) is 24.2 Å². The third kappa shape index (κ3) is 4.39. The van der Waals surface area contributed by atoms with E-state index in [4.69, 9.17) is 10.5 Å². The Morgan fingerprint density at radius 3 is 2.95 bits per heavy atom. The van der Waals surface area contributed by atoms with Crippen molar-refractivity contribution in [3.63, 3.8) is 0 Å². The molecule has 2 rings (SSSR count). The van der Waals surface area contributed by atoms with Gasteiger partial charge in [-0.1, -0.05) is 6.07 Å². The van der Waals surface area contributed by atoms with Gasteiger partial charge >= 0.3 is 0 Å². The lowest BCUT2D eigenvalue weighted by molar-refractivity contribution is -0.385. The van der Waals surface area contributed by atoms with Gasteiger partial charge in [0, 0.05) is 32.2 Å². The Bertz CT molecular complexity index is 475. The SMILES string of the molecule is Cl.NCC1CN(Cc2ccc(Br)c([N+](=O)[O-])c2)CCO1. The fourth-order valence-electron chi connectivity index (χ4n) is 2.12. The summed E-state index contributed by atoms with van der Waals surface area (Å²) in [5.41, 5.74) is 6.62. The highest BCUT2D eigenvalue weighted by molar-refractivity contribution is 9.10. The van der Waals surface area contributed by atoms with E-state index >= 15 is 0 Å². The van der Waals surface area contributed by atoms with Crippen molar-refractivity contribution < 1.29 is 9.66 Å². The zero-order valence-corrected chi connectivity index (χ0v) is 13.2. The molecule has 1 fully saturated rings. The lowest BCUT2D eigenvalue weighted by Crippen LogP contribution is -2.45. The molecule has 20 heavy (non-hydrogen) atoms. The van der Waals surface area contributed by atoms with Crippen molar-refractivity contribution in [2.45, 2.75) is 12.6 Å². The summed E-state index contributed by atoms with van der Waals surface area (Å²) in [5.74, 6) is 0. The van der Waals surface area contributed by atoms with Crippen molar-refractivity contribution in [2.75, 3.05) is 26.2 Å². The summed E-state index contributed by atoms with van der Waals surface area (Å²) in [6, 6.07) is 5.22. The quantitative estimate of drug-likeness (QED) is 0.650. The Hall–Kier alpha value is -0.730. The number of nitrogens with zero attached hydrogens (tertiary/aromatic N) is 2. The summed E-state index contributed by atoms with van der Waals surface area (Å²) >= 11 is 3.19. The second-order valence-electron chi connectivity index (χ2n) is 4.51. The van der Waals surface area contributed by atoms with Crippen LogP contribution in [-0.2, 0) is 11.3 Å². The fraction of sp³-hybridized carbons (Fsp3) is 0.500. The van der Waals surface area contributed by atoms with Gasteiger partial charge in [-0.15, -0.1) is 12.4 Å². The van der Waals surface area contributed by atoms with Crippen LogP contribution in [-0.4, -0.2) is 42.2 Å². The number of nitro benzene ring substituents is 1. The molecule has 112 valence electrons. The Morgan fingerprint density at radius 2 is 2.30 bits per heavy atom. The molecule has 1 saturated heterocycles. The molecule has 0 radical (unpaired) electrons. The van der Waals surface area contributed by atoms with E-state index < -0.39 is 0 Å². The normalized spacial score (nSPS) is 19.4. The van der Waals surface area contributed by atoms with Gasteiger partial charge in [0.2, 0.25) is 0 Å². The molecule has 1 aromatic carbocycles. The third-order valence-corrected chi connectivity index (χ3v) is 3.77. The van der Waals surface area contributed by atoms with Gasteiger partial charge < -0.3 is 10.5 Å². The summed E-state index contributed by atoms with van der Waals surface area (Å²) in [5, 5.41) is 10.9. The zero-order chi connectivity index (χ0) is 13.8. The number of halogens is 2. The van der Waals surface area contributed by atoms with Crippen molar-refractivity contribution in [3.8, 4) is 0 Å². The summed E-state index contributed by atoms with van der Waals surface area (Å²) in [6.07, 6.45) is 0.0548. The maximum Gasteiger partial charge on any atom is 0.283 e. The van der Waals surface area contributed by atoms with Gasteiger partial charge in [-0.3, -0.25) is 15.0 Å². The van der Waals surface area contributed by atoms with E-state index in [1.165, 1.54) is 0 Å². The van der Waals surface area contributed by atoms with Crippen molar-refractivity contribution in [1.82, 2.24) is 4.90 Å². The molecule has 8 heteroatoms. The molecule has 0 bridgehead atoms. The highest BCUT2D eigenvalue weighted by Crippen LogP contribution is 2.26. The average Bonchev–Trinajstić information content (AvgIpc) is 2.41. The van der Waals surface area contributed by atoms with Gasteiger partial charge in [-0.2, -0.15) is 0 Å². The van der Waals surface area contributed by atoms with E-state index in [1.807, 2.05) is 6.07 Å². The number of morpholine rings is 1. The Labute approximate surface area is 132 Å². The Balaban J connectivity index is 0.00000200. The first-order chi connectivity index (χ1) is 9.10. The van der Waals surface area contributed by atoms with Gasteiger partial charge in [0.15, 0.2) is 0 Å². The molecule has 0 aromatic heterocycles. The van der Waals surface area contributed by atoms with Crippen LogP contribution in [0.2, 0.25) is 0 Å². The molecule has 1 atom stereocenters.